The fourth-order valence-corrected chi connectivity index (χ4v) is 6.01. The summed E-state index contributed by atoms with van der Waals surface area (Å²) in [7, 11) is 0. The van der Waals surface area contributed by atoms with Crippen molar-refractivity contribution in [1.29, 1.82) is 0 Å². The summed E-state index contributed by atoms with van der Waals surface area (Å²) in [4.78, 5) is 18.0. The third-order valence-corrected chi connectivity index (χ3v) is 8.15. The lowest BCUT2D eigenvalue weighted by Gasteiger charge is -2.35. The Bertz CT molecular complexity index is 1470. The summed E-state index contributed by atoms with van der Waals surface area (Å²) < 4.78 is 23.5. The zero-order valence-electron chi connectivity index (χ0n) is 21.5. The second-order valence-corrected chi connectivity index (χ2v) is 11.3. The Morgan fingerprint density at radius 3 is 2.84 bits per heavy atom. The number of fused-ring (bicyclic) bond motifs is 4. The lowest BCUT2D eigenvalue weighted by molar-refractivity contribution is 0.0724. The van der Waals surface area contributed by atoms with Gasteiger partial charge in [-0.25, -0.2) is 9.07 Å². The molecule has 2 unspecified atom stereocenters. The largest absolute Gasteiger partial charge is 0.482 e. The van der Waals surface area contributed by atoms with Crippen LogP contribution in [0.5, 0.6) is 5.75 Å². The van der Waals surface area contributed by atoms with Crippen LogP contribution in [0.1, 0.15) is 86.9 Å². The molecule has 2 N–H and O–H groups in total. The van der Waals surface area contributed by atoms with Gasteiger partial charge in [-0.1, -0.05) is 11.6 Å². The number of nitrogens with one attached hydrogen (secondary N) is 1. The minimum atomic E-state index is -1.04. The molecule has 0 saturated carbocycles. The van der Waals surface area contributed by atoms with Crippen molar-refractivity contribution in [3.8, 4) is 5.75 Å². The second-order valence-electron chi connectivity index (χ2n) is 10.9. The van der Waals surface area contributed by atoms with Gasteiger partial charge in [0.05, 0.1) is 23.6 Å². The van der Waals surface area contributed by atoms with Crippen LogP contribution in [0.4, 0.5) is 4.39 Å². The Morgan fingerprint density at radius 2 is 2.05 bits per heavy atom. The molecule has 0 aromatic carbocycles. The molecular weight excluding hydrogens is 509 g/mol. The van der Waals surface area contributed by atoms with Gasteiger partial charge in [0.2, 0.25) is 0 Å². The molecule has 6 rings (SSSR count). The highest BCUT2D eigenvalue weighted by atomic mass is 35.5. The van der Waals surface area contributed by atoms with E-state index in [1.165, 1.54) is 12.3 Å². The van der Waals surface area contributed by atoms with E-state index in [0.29, 0.717) is 36.4 Å². The first-order valence-corrected chi connectivity index (χ1v) is 13.5. The Hall–Kier alpha value is -3.17. The molecule has 0 saturated heterocycles. The lowest BCUT2D eigenvalue weighted by Crippen LogP contribution is -2.38. The van der Waals surface area contributed by atoms with Gasteiger partial charge in [0.25, 0.3) is 5.56 Å². The van der Waals surface area contributed by atoms with Gasteiger partial charge in [-0.15, -0.1) is 0 Å². The van der Waals surface area contributed by atoms with E-state index in [1.807, 2.05) is 29.1 Å². The number of aliphatic hydroxyl groups is 1. The molecule has 2 aliphatic heterocycles. The maximum Gasteiger partial charge on any atom is 0.273 e. The summed E-state index contributed by atoms with van der Waals surface area (Å²) in [5.41, 5.74) is 2.83. The highest BCUT2D eigenvalue weighted by molar-refractivity contribution is 6.31. The van der Waals surface area contributed by atoms with E-state index < -0.39 is 5.60 Å². The van der Waals surface area contributed by atoms with E-state index in [4.69, 9.17) is 16.3 Å². The minimum absolute atomic E-state index is 0.0442. The predicted octanol–water partition coefficient (Wildman–Crippen LogP) is 4.87. The maximum absolute atomic E-state index is 13.8. The zero-order valence-corrected chi connectivity index (χ0v) is 22.2. The van der Waals surface area contributed by atoms with Crippen LogP contribution in [0, 0.1) is 5.82 Å². The summed E-state index contributed by atoms with van der Waals surface area (Å²) in [6.45, 7) is 3.41. The van der Waals surface area contributed by atoms with E-state index in [0.717, 1.165) is 42.5 Å². The van der Waals surface area contributed by atoms with Gasteiger partial charge < -0.3 is 19.7 Å². The number of ether oxygens (including phenoxy) is 1. The summed E-state index contributed by atoms with van der Waals surface area (Å²) >= 11 is 6.67. The molecule has 5 heterocycles. The molecular formula is C28H31ClFN5O3. The van der Waals surface area contributed by atoms with Crippen molar-refractivity contribution in [3.63, 3.8) is 0 Å². The first-order valence-electron chi connectivity index (χ1n) is 13.2. The number of pyridine rings is 2. The molecule has 0 spiro atoms. The molecule has 10 heteroatoms. The van der Waals surface area contributed by atoms with E-state index >= 15 is 0 Å². The fraction of sp³-hybridized carbons (Fsp3) is 0.464. The molecule has 38 heavy (non-hydrogen) atoms. The lowest BCUT2D eigenvalue weighted by atomic mass is 9.91. The Balaban J connectivity index is 1.34. The Labute approximate surface area is 225 Å². The van der Waals surface area contributed by atoms with E-state index in [1.54, 1.807) is 18.5 Å². The normalized spacial score (nSPS) is 22.9. The second kappa shape index (κ2) is 9.54. The van der Waals surface area contributed by atoms with Gasteiger partial charge in [-0.3, -0.25) is 9.78 Å². The molecule has 0 fully saturated rings. The van der Waals surface area contributed by atoms with E-state index in [-0.39, 0.29) is 34.7 Å². The molecule has 3 atom stereocenters. The van der Waals surface area contributed by atoms with Gasteiger partial charge >= 0.3 is 0 Å². The number of aromatic nitrogens is 4. The summed E-state index contributed by atoms with van der Waals surface area (Å²) in [6, 6.07) is 5.02. The standard InChI is InChI=1S/C28H31ClFN5O3/c1-28(2,37)23-9-10-34(33-23)24-13-20-17(14-31-24)5-3-4-6-19-12-22(25(29)27(36)35(19)20)38-21-8-7-16-11-18(30)15-32-26(16)21/h9-12,14-15,20-21,24,31,37H,3-8,13H2,1-2H3/t20?,21?,24-/m0/s1. The van der Waals surface area contributed by atoms with Gasteiger partial charge in [0.15, 0.2) is 0 Å². The highest BCUT2D eigenvalue weighted by Crippen LogP contribution is 2.40. The van der Waals surface area contributed by atoms with Gasteiger partial charge in [-0.05, 0) is 81.8 Å². The molecule has 3 aromatic rings. The van der Waals surface area contributed by atoms with Crippen LogP contribution in [0.15, 0.2) is 47.2 Å². The molecule has 8 nitrogen and oxygen atoms in total. The number of aryl methyl sites for hydroxylation is 2. The first kappa shape index (κ1) is 25.1. The average molecular weight is 540 g/mol. The average Bonchev–Trinajstić information content (AvgIpc) is 3.51. The van der Waals surface area contributed by atoms with Crippen molar-refractivity contribution in [1.82, 2.24) is 24.6 Å². The molecule has 1 aliphatic carbocycles. The van der Waals surface area contributed by atoms with Crippen LogP contribution in [-0.2, 0) is 18.4 Å². The van der Waals surface area contributed by atoms with Crippen molar-refractivity contribution in [3.05, 3.63) is 86.2 Å². The quantitative estimate of drug-likeness (QED) is 0.491. The summed E-state index contributed by atoms with van der Waals surface area (Å²) in [5.74, 6) is -0.0114. The van der Waals surface area contributed by atoms with Crippen molar-refractivity contribution in [2.45, 2.75) is 82.7 Å². The number of rotatable bonds is 4. The highest BCUT2D eigenvalue weighted by Gasteiger charge is 2.33. The van der Waals surface area contributed by atoms with Gasteiger partial charge in [0.1, 0.15) is 34.5 Å². The number of hydrogen-bond acceptors (Lipinski definition) is 6. The summed E-state index contributed by atoms with van der Waals surface area (Å²) in [5, 5.41) is 18.4. The van der Waals surface area contributed by atoms with Crippen molar-refractivity contribution < 1.29 is 14.2 Å². The molecule has 0 bridgehead atoms. The molecule has 0 amide bonds. The fourth-order valence-electron chi connectivity index (χ4n) is 5.82. The van der Waals surface area contributed by atoms with Crippen LogP contribution in [0.2, 0.25) is 5.02 Å². The number of allylic oxidation sites excluding steroid dienone is 1. The number of hydrogen-bond donors (Lipinski definition) is 2. The Morgan fingerprint density at radius 1 is 1.24 bits per heavy atom. The summed E-state index contributed by atoms with van der Waals surface area (Å²) in [6.07, 6.45) is 9.99. The predicted molar refractivity (Wildman–Crippen MR) is 141 cm³/mol. The van der Waals surface area contributed by atoms with Crippen LogP contribution in [-0.4, -0.2) is 24.4 Å². The van der Waals surface area contributed by atoms with Crippen molar-refractivity contribution in [2.24, 2.45) is 0 Å². The van der Waals surface area contributed by atoms with Crippen LogP contribution in [0.3, 0.4) is 0 Å². The van der Waals surface area contributed by atoms with Crippen LogP contribution >= 0.6 is 11.6 Å². The SMILES string of the molecule is CC(C)(O)c1ccn([C@H]2CC3C(=CN2)CCCCc2cc(OC4CCc5cc(F)cnc54)c(Cl)c(=O)n23)n1. The van der Waals surface area contributed by atoms with Gasteiger partial charge in [0, 0.05) is 24.4 Å². The monoisotopic (exact) mass is 539 g/mol. The van der Waals surface area contributed by atoms with Crippen LogP contribution < -0.4 is 15.6 Å². The molecule has 200 valence electrons. The van der Waals surface area contributed by atoms with Crippen molar-refractivity contribution >= 4 is 11.6 Å². The van der Waals surface area contributed by atoms with Crippen LogP contribution in [0.25, 0.3) is 0 Å². The zero-order chi connectivity index (χ0) is 26.6. The minimum Gasteiger partial charge on any atom is -0.482 e. The van der Waals surface area contributed by atoms with E-state index in [9.17, 15) is 14.3 Å². The Kier molecular flexibility index (Phi) is 6.31. The topological polar surface area (TPSA) is 94.2 Å². The maximum atomic E-state index is 13.8. The van der Waals surface area contributed by atoms with Gasteiger partial charge in [-0.2, -0.15) is 5.10 Å². The number of halogens is 2. The smallest absolute Gasteiger partial charge is 0.273 e. The number of nitrogens with zero attached hydrogens (tertiary/aromatic N) is 4. The first-order chi connectivity index (χ1) is 18.2. The molecule has 3 aliphatic rings. The third-order valence-electron chi connectivity index (χ3n) is 7.80. The molecule has 0 radical (unpaired) electrons. The van der Waals surface area contributed by atoms with E-state index in [2.05, 4.69) is 15.4 Å². The molecule has 3 aromatic heterocycles. The van der Waals surface area contributed by atoms with Crippen molar-refractivity contribution in [2.75, 3.05) is 0 Å². The third kappa shape index (κ3) is 4.52.